The maximum Gasteiger partial charge on any atom is 0.243 e. The van der Waals surface area contributed by atoms with Gasteiger partial charge in [-0.25, -0.2) is 13.8 Å². The number of furan rings is 1. The zero-order valence-electron chi connectivity index (χ0n) is 16.6. The van der Waals surface area contributed by atoms with E-state index in [1.165, 1.54) is 4.31 Å². The zero-order valence-corrected chi connectivity index (χ0v) is 17.4. The minimum atomic E-state index is -3.51. The molecule has 1 aliphatic rings. The molecule has 0 bridgehead atoms. The van der Waals surface area contributed by atoms with Gasteiger partial charge in [-0.1, -0.05) is 12.1 Å². The maximum atomic E-state index is 12.6. The van der Waals surface area contributed by atoms with Crippen molar-refractivity contribution >= 4 is 21.6 Å². The van der Waals surface area contributed by atoms with Crippen LogP contribution in [0.25, 0.3) is 0 Å². The monoisotopic (exact) mass is 419 g/mol. The van der Waals surface area contributed by atoms with Crippen LogP contribution in [-0.4, -0.2) is 50.6 Å². The Balaban J connectivity index is 1.52. The van der Waals surface area contributed by atoms with E-state index in [0.717, 1.165) is 11.3 Å². The van der Waals surface area contributed by atoms with E-state index in [-0.39, 0.29) is 17.2 Å². The van der Waals surface area contributed by atoms with Crippen molar-refractivity contribution in [1.29, 1.82) is 0 Å². The smallest absolute Gasteiger partial charge is 0.243 e. The number of morpholine rings is 1. The molecule has 0 spiro atoms. The molecule has 0 unspecified atom stereocenters. The fourth-order valence-corrected chi connectivity index (χ4v) is 4.32. The van der Waals surface area contributed by atoms with E-state index in [9.17, 15) is 13.2 Å². The number of hydrazone groups is 1. The highest BCUT2D eigenvalue weighted by Crippen LogP contribution is 2.18. The van der Waals surface area contributed by atoms with Crippen LogP contribution >= 0.6 is 0 Å². The van der Waals surface area contributed by atoms with Gasteiger partial charge in [0.05, 0.1) is 18.1 Å². The molecule has 2 heterocycles. The highest BCUT2D eigenvalue weighted by atomic mass is 32.2. The summed E-state index contributed by atoms with van der Waals surface area (Å²) < 4.78 is 37.3. The second kappa shape index (κ2) is 9.34. The number of rotatable bonds is 7. The Morgan fingerprint density at radius 1 is 1.14 bits per heavy atom. The number of hydrogen-bond acceptors (Lipinski definition) is 6. The summed E-state index contributed by atoms with van der Waals surface area (Å²) in [6, 6.07) is 10.3. The average molecular weight is 420 g/mol. The van der Waals surface area contributed by atoms with Crippen LogP contribution in [0.4, 0.5) is 0 Å². The Bertz CT molecular complexity index is 974. The van der Waals surface area contributed by atoms with Crippen LogP contribution in [0.3, 0.4) is 0 Å². The fraction of sp³-hybridized carbons (Fsp3) is 0.400. The van der Waals surface area contributed by atoms with Crippen LogP contribution in [0.15, 0.2) is 50.8 Å². The lowest BCUT2D eigenvalue weighted by Gasteiger charge is -2.26. The Kier molecular flexibility index (Phi) is 6.83. The lowest BCUT2D eigenvalue weighted by Crippen LogP contribution is -2.40. The molecule has 8 nitrogen and oxygen atoms in total. The molecule has 1 aliphatic heterocycles. The first-order valence-corrected chi connectivity index (χ1v) is 10.9. The number of sulfonamides is 1. The van der Waals surface area contributed by atoms with Gasteiger partial charge in [0.15, 0.2) is 0 Å². The minimum Gasteiger partial charge on any atom is -0.460 e. The standard InChI is InChI=1S/C20H25N3O5S/c1-15-3-9-19(28-15)16(2)21-22-20(24)10-6-17-4-7-18(8-5-17)29(25,26)23-11-13-27-14-12-23/h3-5,7-9H,6,10-14H2,1-2H3,(H,22,24)/b21-16+. The molecule has 0 radical (unpaired) electrons. The zero-order chi connectivity index (χ0) is 20.9. The van der Waals surface area contributed by atoms with E-state index in [2.05, 4.69) is 10.5 Å². The lowest BCUT2D eigenvalue weighted by atomic mass is 10.1. The summed E-state index contributed by atoms with van der Waals surface area (Å²) in [5, 5.41) is 4.05. The second-order valence-electron chi connectivity index (χ2n) is 6.80. The summed E-state index contributed by atoms with van der Waals surface area (Å²) >= 11 is 0. The SMILES string of the molecule is C/C(=N\NC(=O)CCc1ccc(S(=O)(=O)N2CCOCC2)cc1)c1ccc(C)o1. The first-order valence-electron chi connectivity index (χ1n) is 9.43. The highest BCUT2D eigenvalue weighted by molar-refractivity contribution is 7.89. The van der Waals surface area contributed by atoms with Gasteiger partial charge in [0.25, 0.3) is 0 Å². The number of carbonyl (C=O) groups is 1. The van der Waals surface area contributed by atoms with Crippen LogP contribution < -0.4 is 5.43 Å². The third kappa shape index (κ3) is 5.53. The molecular formula is C20H25N3O5S. The second-order valence-corrected chi connectivity index (χ2v) is 8.74. The largest absolute Gasteiger partial charge is 0.460 e. The van der Waals surface area contributed by atoms with E-state index in [1.54, 1.807) is 37.3 Å². The van der Waals surface area contributed by atoms with E-state index in [1.807, 2.05) is 13.0 Å². The molecule has 156 valence electrons. The molecule has 1 aromatic heterocycles. The molecule has 1 saturated heterocycles. The predicted molar refractivity (Wildman–Crippen MR) is 108 cm³/mol. The molecule has 0 saturated carbocycles. The summed E-state index contributed by atoms with van der Waals surface area (Å²) in [4.78, 5) is 12.3. The Labute approximate surface area is 170 Å². The van der Waals surface area contributed by atoms with Crippen molar-refractivity contribution in [3.8, 4) is 0 Å². The quantitative estimate of drug-likeness (QED) is 0.547. The van der Waals surface area contributed by atoms with E-state index < -0.39 is 10.0 Å². The van der Waals surface area contributed by atoms with Crippen molar-refractivity contribution in [2.75, 3.05) is 26.3 Å². The molecule has 1 fully saturated rings. The summed E-state index contributed by atoms with van der Waals surface area (Å²) in [5.74, 6) is 1.16. The molecule has 1 N–H and O–H groups in total. The predicted octanol–water partition coefficient (Wildman–Crippen LogP) is 2.08. The summed E-state index contributed by atoms with van der Waals surface area (Å²) in [7, 11) is -3.51. The summed E-state index contributed by atoms with van der Waals surface area (Å²) in [6.07, 6.45) is 0.724. The van der Waals surface area contributed by atoms with Gasteiger partial charge in [0.1, 0.15) is 17.2 Å². The topological polar surface area (TPSA) is 101 Å². The Morgan fingerprint density at radius 3 is 2.45 bits per heavy atom. The van der Waals surface area contributed by atoms with Gasteiger partial charge < -0.3 is 9.15 Å². The van der Waals surface area contributed by atoms with Gasteiger partial charge in [0, 0.05) is 19.5 Å². The van der Waals surface area contributed by atoms with Crippen molar-refractivity contribution < 1.29 is 22.4 Å². The number of benzene rings is 1. The van der Waals surface area contributed by atoms with E-state index in [0.29, 0.717) is 44.2 Å². The number of nitrogens with one attached hydrogen (secondary N) is 1. The van der Waals surface area contributed by atoms with Crippen LogP contribution in [0.5, 0.6) is 0 Å². The van der Waals surface area contributed by atoms with Crippen LogP contribution in [0.1, 0.15) is 30.4 Å². The molecule has 29 heavy (non-hydrogen) atoms. The highest BCUT2D eigenvalue weighted by Gasteiger charge is 2.26. The summed E-state index contributed by atoms with van der Waals surface area (Å²) in [5.41, 5.74) is 3.98. The van der Waals surface area contributed by atoms with E-state index >= 15 is 0 Å². The molecular weight excluding hydrogens is 394 g/mol. The molecule has 0 atom stereocenters. The third-order valence-corrected chi connectivity index (χ3v) is 6.53. The molecule has 3 rings (SSSR count). The van der Waals surface area contributed by atoms with E-state index in [4.69, 9.17) is 9.15 Å². The van der Waals surface area contributed by atoms with Crippen LogP contribution in [-0.2, 0) is 26.0 Å². The fourth-order valence-electron chi connectivity index (χ4n) is 2.91. The first kappa shape index (κ1) is 21.2. The number of nitrogens with zero attached hydrogens (tertiary/aromatic N) is 2. The molecule has 1 amide bonds. The molecule has 9 heteroatoms. The van der Waals surface area contributed by atoms with Crippen molar-refractivity contribution in [2.24, 2.45) is 5.10 Å². The normalized spacial score (nSPS) is 16.0. The van der Waals surface area contributed by atoms with Gasteiger partial charge in [-0.05, 0) is 50.1 Å². The van der Waals surface area contributed by atoms with Gasteiger partial charge in [0.2, 0.25) is 15.9 Å². The van der Waals surface area contributed by atoms with Crippen molar-refractivity contribution in [2.45, 2.75) is 31.6 Å². The van der Waals surface area contributed by atoms with Crippen molar-refractivity contribution in [3.63, 3.8) is 0 Å². The van der Waals surface area contributed by atoms with Crippen molar-refractivity contribution in [1.82, 2.24) is 9.73 Å². The number of amides is 1. The molecule has 1 aromatic carbocycles. The lowest BCUT2D eigenvalue weighted by molar-refractivity contribution is -0.121. The first-order chi connectivity index (χ1) is 13.9. The van der Waals surface area contributed by atoms with Gasteiger partial charge in [-0.15, -0.1) is 0 Å². The number of ether oxygens (including phenoxy) is 1. The number of aryl methyl sites for hydroxylation is 2. The van der Waals surface area contributed by atoms with Crippen LogP contribution in [0, 0.1) is 6.92 Å². The number of carbonyl (C=O) groups excluding carboxylic acids is 1. The summed E-state index contributed by atoms with van der Waals surface area (Å²) in [6.45, 7) is 5.14. The van der Waals surface area contributed by atoms with Crippen molar-refractivity contribution in [3.05, 3.63) is 53.5 Å². The average Bonchev–Trinajstić information content (AvgIpc) is 3.18. The Hall–Kier alpha value is -2.49. The van der Waals surface area contributed by atoms with Gasteiger partial charge in [-0.3, -0.25) is 4.79 Å². The number of hydrogen-bond donors (Lipinski definition) is 1. The van der Waals surface area contributed by atoms with Crippen LogP contribution in [0.2, 0.25) is 0 Å². The van der Waals surface area contributed by atoms with Gasteiger partial charge in [-0.2, -0.15) is 9.41 Å². The molecule has 2 aromatic rings. The van der Waals surface area contributed by atoms with Gasteiger partial charge >= 0.3 is 0 Å². The molecule has 0 aliphatic carbocycles. The third-order valence-electron chi connectivity index (χ3n) is 4.62. The maximum absolute atomic E-state index is 12.6. The minimum absolute atomic E-state index is 0.224. The Morgan fingerprint density at radius 2 is 1.83 bits per heavy atom.